The minimum Gasteiger partial charge on any atom is -0.506 e. The second-order valence-corrected chi connectivity index (χ2v) is 4.93. The van der Waals surface area contributed by atoms with E-state index in [2.05, 4.69) is 0 Å². The molecule has 0 fully saturated rings. The van der Waals surface area contributed by atoms with E-state index in [1.165, 1.54) is 18.2 Å². The third-order valence-electron chi connectivity index (χ3n) is 3.32. The number of phenols is 1. The largest absolute Gasteiger partial charge is 0.506 e. The van der Waals surface area contributed by atoms with Gasteiger partial charge in [0.1, 0.15) is 11.3 Å². The Bertz CT molecular complexity index is 717. The van der Waals surface area contributed by atoms with E-state index in [0.717, 1.165) is 5.56 Å². The quantitative estimate of drug-likeness (QED) is 0.826. The fraction of sp³-hybridized carbons (Fsp3) is 0.111. The summed E-state index contributed by atoms with van der Waals surface area (Å²) in [6, 6.07) is 13.7. The predicted molar refractivity (Wildman–Crippen MR) is 84.0 cm³/mol. The van der Waals surface area contributed by atoms with Crippen LogP contribution in [0.2, 0.25) is 0 Å². The minimum atomic E-state index is -1.26. The first-order chi connectivity index (χ1) is 10.5. The van der Waals surface area contributed by atoms with Crippen molar-refractivity contribution in [3.8, 4) is 5.75 Å². The van der Waals surface area contributed by atoms with Crippen LogP contribution in [0.15, 0.2) is 54.6 Å². The monoisotopic (exact) mass is 296 g/mol. The second kappa shape index (κ2) is 6.72. The molecule has 0 radical (unpaired) electrons. The highest BCUT2D eigenvalue weighted by atomic mass is 16.4. The van der Waals surface area contributed by atoms with Gasteiger partial charge < -0.3 is 10.2 Å². The molecule has 0 spiro atoms. The van der Waals surface area contributed by atoms with Crippen molar-refractivity contribution in [2.45, 2.75) is 6.92 Å². The molecule has 0 aliphatic heterocycles. The zero-order chi connectivity index (χ0) is 16.1. The number of rotatable bonds is 5. The fourth-order valence-electron chi connectivity index (χ4n) is 2.07. The number of aromatic hydroxyl groups is 1. The Morgan fingerprint density at radius 1 is 1.00 bits per heavy atom. The molecule has 0 saturated heterocycles. The van der Waals surface area contributed by atoms with E-state index in [4.69, 9.17) is 5.11 Å². The number of carboxylic acid groups (broad SMARTS) is 1. The Hall–Kier alpha value is -2.88. The van der Waals surface area contributed by atoms with Crippen LogP contribution >= 0.6 is 0 Å². The molecule has 22 heavy (non-hydrogen) atoms. The summed E-state index contributed by atoms with van der Waals surface area (Å²) in [4.78, 5) is 23.3. The highest BCUT2D eigenvalue weighted by Crippen LogP contribution is 2.25. The van der Waals surface area contributed by atoms with Crippen LogP contribution in [0.4, 0.5) is 0 Å². The first-order valence-electron chi connectivity index (χ1n) is 6.83. The number of ketones is 1. The summed E-state index contributed by atoms with van der Waals surface area (Å²) in [6.45, 7) is 1.70. The Morgan fingerprint density at radius 3 is 2.27 bits per heavy atom. The predicted octanol–water partition coefficient (Wildman–Crippen LogP) is 3.62. The molecule has 4 heteroatoms. The van der Waals surface area contributed by atoms with Crippen LogP contribution in [-0.4, -0.2) is 22.0 Å². The van der Waals surface area contributed by atoms with Crippen LogP contribution in [0.1, 0.15) is 33.2 Å². The van der Waals surface area contributed by atoms with Gasteiger partial charge in [0.05, 0.1) is 5.56 Å². The van der Waals surface area contributed by atoms with Gasteiger partial charge in [0.15, 0.2) is 5.78 Å². The molecule has 2 aromatic rings. The van der Waals surface area contributed by atoms with Crippen molar-refractivity contribution in [2.75, 3.05) is 0 Å². The summed E-state index contributed by atoms with van der Waals surface area (Å²) < 4.78 is 0. The lowest BCUT2D eigenvalue weighted by atomic mass is 9.96. The number of carbonyl (C=O) groups is 2. The Morgan fingerprint density at radius 2 is 1.64 bits per heavy atom. The highest BCUT2D eigenvalue weighted by Gasteiger charge is 2.20. The lowest BCUT2D eigenvalue weighted by Gasteiger charge is -2.09. The summed E-state index contributed by atoms with van der Waals surface area (Å²) >= 11 is 0. The summed E-state index contributed by atoms with van der Waals surface area (Å²) in [7, 11) is 0. The molecule has 0 saturated carbocycles. The van der Waals surface area contributed by atoms with Crippen molar-refractivity contribution in [1.82, 2.24) is 0 Å². The molecular formula is C18H16O4. The first-order valence-corrected chi connectivity index (χ1v) is 6.83. The number of hydrogen-bond donors (Lipinski definition) is 2. The number of para-hydroxylation sites is 1. The number of benzene rings is 2. The maximum absolute atomic E-state index is 12.4. The van der Waals surface area contributed by atoms with Crippen LogP contribution in [0.3, 0.4) is 0 Å². The van der Waals surface area contributed by atoms with Gasteiger partial charge in [-0.2, -0.15) is 0 Å². The van der Waals surface area contributed by atoms with Crippen LogP contribution in [0, 0.1) is 5.92 Å². The average molecular weight is 296 g/mol. The van der Waals surface area contributed by atoms with Crippen LogP contribution < -0.4 is 0 Å². The van der Waals surface area contributed by atoms with Gasteiger partial charge in [-0.1, -0.05) is 55.5 Å². The van der Waals surface area contributed by atoms with Gasteiger partial charge in [0, 0.05) is 5.92 Å². The third kappa shape index (κ3) is 3.41. The molecular weight excluding hydrogens is 280 g/mol. The van der Waals surface area contributed by atoms with Crippen molar-refractivity contribution in [1.29, 1.82) is 0 Å². The molecule has 2 rings (SSSR count). The Balaban J connectivity index is 2.23. The molecule has 0 amide bonds. The van der Waals surface area contributed by atoms with Crippen molar-refractivity contribution in [3.63, 3.8) is 0 Å². The van der Waals surface area contributed by atoms with Crippen LogP contribution in [-0.2, 0) is 0 Å². The highest BCUT2D eigenvalue weighted by molar-refractivity contribution is 6.04. The molecule has 1 unspecified atom stereocenters. The van der Waals surface area contributed by atoms with Gasteiger partial charge >= 0.3 is 5.97 Å². The average Bonchev–Trinajstić information content (AvgIpc) is 2.53. The van der Waals surface area contributed by atoms with Crippen molar-refractivity contribution in [2.24, 2.45) is 5.92 Å². The zero-order valence-corrected chi connectivity index (χ0v) is 12.1. The first kappa shape index (κ1) is 15.5. The van der Waals surface area contributed by atoms with Crippen molar-refractivity contribution in [3.05, 3.63) is 71.3 Å². The lowest BCUT2D eigenvalue weighted by molar-refractivity contribution is 0.0693. The lowest BCUT2D eigenvalue weighted by Crippen LogP contribution is -2.10. The van der Waals surface area contributed by atoms with E-state index in [0.29, 0.717) is 0 Å². The molecule has 4 nitrogen and oxygen atoms in total. The number of Topliss-reactive ketones (excluding diaryl/α,β-unsaturated/α-hetero) is 1. The van der Waals surface area contributed by atoms with Crippen molar-refractivity contribution < 1.29 is 19.8 Å². The van der Waals surface area contributed by atoms with Crippen molar-refractivity contribution >= 4 is 17.8 Å². The summed E-state index contributed by atoms with van der Waals surface area (Å²) in [5, 5.41) is 18.9. The molecule has 2 N–H and O–H groups in total. The fourth-order valence-corrected chi connectivity index (χ4v) is 2.07. The third-order valence-corrected chi connectivity index (χ3v) is 3.32. The summed E-state index contributed by atoms with van der Waals surface area (Å²) in [5.41, 5.74) is 0.709. The number of carboxylic acids is 1. The van der Waals surface area contributed by atoms with Crippen LogP contribution in [0.25, 0.3) is 6.08 Å². The topological polar surface area (TPSA) is 74.6 Å². The summed E-state index contributed by atoms with van der Waals surface area (Å²) in [6.07, 6.45) is 3.55. The SMILES string of the molecule is CC(C=Cc1ccccc1)C(=O)c1cccc(C(=O)O)c1O. The number of aromatic carboxylic acids is 1. The van der Waals surface area contributed by atoms with Gasteiger partial charge in [0.2, 0.25) is 0 Å². The molecule has 0 aliphatic carbocycles. The molecule has 0 aromatic heterocycles. The van der Waals surface area contributed by atoms with E-state index in [-0.39, 0.29) is 16.9 Å². The molecule has 0 aliphatic rings. The molecule has 0 heterocycles. The van der Waals surface area contributed by atoms with Gasteiger partial charge in [-0.3, -0.25) is 4.79 Å². The summed E-state index contributed by atoms with van der Waals surface area (Å²) in [5.74, 6) is -2.55. The number of hydrogen-bond acceptors (Lipinski definition) is 3. The number of carbonyl (C=O) groups excluding carboxylic acids is 1. The standard InChI is InChI=1S/C18H16O4/c1-12(10-11-13-6-3-2-4-7-13)16(19)14-8-5-9-15(17(14)20)18(21)22/h2-12,20H,1H3,(H,21,22). The van der Waals surface area contributed by atoms with E-state index in [9.17, 15) is 14.7 Å². The molecule has 112 valence electrons. The van der Waals surface area contributed by atoms with E-state index < -0.39 is 17.6 Å². The van der Waals surface area contributed by atoms with Gasteiger partial charge in [-0.15, -0.1) is 0 Å². The number of allylic oxidation sites excluding steroid dienone is 1. The molecule has 2 aromatic carbocycles. The smallest absolute Gasteiger partial charge is 0.339 e. The van der Waals surface area contributed by atoms with E-state index in [1.54, 1.807) is 13.0 Å². The normalized spacial score (nSPS) is 12.2. The van der Waals surface area contributed by atoms with E-state index >= 15 is 0 Å². The molecule has 0 bridgehead atoms. The maximum Gasteiger partial charge on any atom is 0.339 e. The second-order valence-electron chi connectivity index (χ2n) is 4.93. The Kier molecular flexibility index (Phi) is 4.73. The van der Waals surface area contributed by atoms with Crippen LogP contribution in [0.5, 0.6) is 5.75 Å². The van der Waals surface area contributed by atoms with Gasteiger partial charge in [0.25, 0.3) is 0 Å². The van der Waals surface area contributed by atoms with Gasteiger partial charge in [-0.25, -0.2) is 4.79 Å². The molecule has 1 atom stereocenters. The Labute approximate surface area is 128 Å². The van der Waals surface area contributed by atoms with E-state index in [1.807, 2.05) is 36.4 Å². The minimum absolute atomic E-state index is 0.0186. The zero-order valence-electron chi connectivity index (χ0n) is 12.1. The van der Waals surface area contributed by atoms with Gasteiger partial charge in [-0.05, 0) is 17.7 Å². The maximum atomic E-state index is 12.4.